The van der Waals surface area contributed by atoms with Crippen LogP contribution in [0.5, 0.6) is 0 Å². The molecule has 0 radical (unpaired) electrons. The van der Waals surface area contributed by atoms with Crippen LogP contribution in [0.4, 0.5) is 19.3 Å². The molecule has 2 N–H and O–H groups in total. The van der Waals surface area contributed by atoms with Gasteiger partial charge in [-0.15, -0.1) is 0 Å². The van der Waals surface area contributed by atoms with Crippen LogP contribution in [0.25, 0.3) is 0 Å². The van der Waals surface area contributed by atoms with Crippen LogP contribution in [0.1, 0.15) is 11.9 Å². The van der Waals surface area contributed by atoms with Crippen molar-refractivity contribution < 1.29 is 22.7 Å². The molecule has 21 heavy (non-hydrogen) atoms. The van der Waals surface area contributed by atoms with Gasteiger partial charge in [0.25, 0.3) is 0 Å². The molecule has 0 saturated carbocycles. The van der Waals surface area contributed by atoms with Crippen LogP contribution in [-0.2, 0) is 4.74 Å². The van der Waals surface area contributed by atoms with Gasteiger partial charge in [0.1, 0.15) is 29.2 Å². The number of para-hydroxylation sites is 1. The Morgan fingerprint density at radius 1 is 1.29 bits per heavy atom. The van der Waals surface area contributed by atoms with E-state index in [1.807, 2.05) is 0 Å². The maximum Gasteiger partial charge on any atom is 0.319 e. The molecule has 2 aromatic rings. The fourth-order valence-corrected chi connectivity index (χ4v) is 1.73. The van der Waals surface area contributed by atoms with Crippen molar-refractivity contribution in [2.45, 2.75) is 6.10 Å². The molecule has 1 aromatic carbocycles. The predicted molar refractivity (Wildman–Crippen MR) is 71.8 cm³/mol. The van der Waals surface area contributed by atoms with Gasteiger partial charge in [-0.1, -0.05) is 6.07 Å². The Morgan fingerprint density at radius 3 is 2.57 bits per heavy atom. The topological polar surface area (TPSA) is 63.5 Å². The number of carbonyl (C=O) groups is 1. The summed E-state index contributed by atoms with van der Waals surface area (Å²) in [6.45, 7) is 0.0892. The number of hydrogen-bond acceptors (Lipinski definition) is 3. The minimum absolute atomic E-state index is 0.0892. The standard InChI is InChI=1S/C14H14F2N2O3/c1-20-12(11-6-3-7-21-11)8-17-14(19)18-13-9(15)4-2-5-10(13)16/h2-7,12H,8H2,1H3,(H2,17,18,19)/t12-/m1/s1. The zero-order valence-electron chi connectivity index (χ0n) is 11.2. The number of methoxy groups -OCH3 is 1. The summed E-state index contributed by atoms with van der Waals surface area (Å²) in [5, 5.41) is 4.57. The maximum atomic E-state index is 13.4. The molecule has 0 bridgehead atoms. The van der Waals surface area contributed by atoms with E-state index in [1.165, 1.54) is 19.4 Å². The first-order valence-corrected chi connectivity index (χ1v) is 6.17. The van der Waals surface area contributed by atoms with E-state index in [-0.39, 0.29) is 6.54 Å². The van der Waals surface area contributed by atoms with Crippen molar-refractivity contribution in [3.63, 3.8) is 0 Å². The Hall–Kier alpha value is -2.41. The number of benzene rings is 1. The first-order chi connectivity index (χ1) is 10.1. The zero-order chi connectivity index (χ0) is 15.2. The lowest BCUT2D eigenvalue weighted by molar-refractivity contribution is 0.0855. The number of halogens is 2. The largest absolute Gasteiger partial charge is 0.467 e. The quantitative estimate of drug-likeness (QED) is 0.891. The Labute approximate surface area is 119 Å². The second-order valence-electron chi connectivity index (χ2n) is 4.17. The number of urea groups is 1. The zero-order valence-corrected chi connectivity index (χ0v) is 11.2. The van der Waals surface area contributed by atoms with Crippen molar-refractivity contribution in [3.8, 4) is 0 Å². The molecule has 0 aliphatic rings. The van der Waals surface area contributed by atoms with Gasteiger partial charge < -0.3 is 19.8 Å². The average molecular weight is 296 g/mol. The predicted octanol–water partition coefficient (Wildman–Crippen LogP) is 3.07. The van der Waals surface area contributed by atoms with E-state index < -0.39 is 29.5 Å². The molecule has 1 aromatic heterocycles. The van der Waals surface area contributed by atoms with Crippen LogP contribution in [0.3, 0.4) is 0 Å². The molecule has 0 unspecified atom stereocenters. The van der Waals surface area contributed by atoms with Crippen molar-refractivity contribution in [3.05, 3.63) is 54.0 Å². The molecular formula is C14H14F2N2O3. The number of rotatable bonds is 5. The fraction of sp³-hybridized carbons (Fsp3) is 0.214. The van der Waals surface area contributed by atoms with Crippen LogP contribution in [0.2, 0.25) is 0 Å². The molecule has 5 nitrogen and oxygen atoms in total. The highest BCUT2D eigenvalue weighted by molar-refractivity contribution is 5.89. The van der Waals surface area contributed by atoms with E-state index in [9.17, 15) is 13.6 Å². The Kier molecular flexibility index (Phi) is 4.89. The Bertz CT molecular complexity index is 582. The molecule has 0 spiro atoms. The van der Waals surface area contributed by atoms with Crippen molar-refractivity contribution in [2.75, 3.05) is 19.0 Å². The molecule has 7 heteroatoms. The van der Waals surface area contributed by atoms with Gasteiger partial charge in [-0.2, -0.15) is 0 Å². The highest BCUT2D eigenvalue weighted by Gasteiger charge is 2.16. The lowest BCUT2D eigenvalue weighted by atomic mass is 10.2. The maximum absolute atomic E-state index is 13.4. The van der Waals surface area contributed by atoms with E-state index in [0.717, 1.165) is 12.1 Å². The smallest absolute Gasteiger partial charge is 0.319 e. The number of anilines is 1. The van der Waals surface area contributed by atoms with Gasteiger partial charge in [0.2, 0.25) is 0 Å². The van der Waals surface area contributed by atoms with Crippen molar-refractivity contribution in [1.82, 2.24) is 5.32 Å². The minimum Gasteiger partial charge on any atom is -0.467 e. The van der Waals surface area contributed by atoms with Crippen LogP contribution in [-0.4, -0.2) is 19.7 Å². The third-order valence-corrected chi connectivity index (χ3v) is 2.79. The first-order valence-electron chi connectivity index (χ1n) is 6.17. The number of amides is 2. The third-order valence-electron chi connectivity index (χ3n) is 2.79. The Balaban J connectivity index is 1.93. The summed E-state index contributed by atoms with van der Waals surface area (Å²) >= 11 is 0. The summed E-state index contributed by atoms with van der Waals surface area (Å²) in [5.74, 6) is -1.16. The van der Waals surface area contributed by atoms with Gasteiger partial charge in [0, 0.05) is 7.11 Å². The molecular weight excluding hydrogens is 282 g/mol. The number of furan rings is 1. The molecule has 1 heterocycles. The van der Waals surface area contributed by atoms with Crippen LogP contribution in [0, 0.1) is 11.6 Å². The van der Waals surface area contributed by atoms with E-state index in [1.54, 1.807) is 12.1 Å². The summed E-state index contributed by atoms with van der Waals surface area (Å²) in [7, 11) is 1.46. The normalized spacial score (nSPS) is 12.0. The number of nitrogens with one attached hydrogen (secondary N) is 2. The van der Waals surface area contributed by atoms with Gasteiger partial charge in [-0.3, -0.25) is 0 Å². The van der Waals surface area contributed by atoms with Gasteiger partial charge in [-0.05, 0) is 24.3 Å². The summed E-state index contributed by atoms with van der Waals surface area (Å²) < 4.78 is 37.1. The Morgan fingerprint density at radius 2 is 2.00 bits per heavy atom. The molecule has 0 aliphatic heterocycles. The highest BCUT2D eigenvalue weighted by atomic mass is 19.1. The van der Waals surface area contributed by atoms with Gasteiger partial charge in [-0.25, -0.2) is 13.6 Å². The minimum atomic E-state index is -0.848. The number of carbonyl (C=O) groups excluding carboxylic acids is 1. The average Bonchev–Trinajstić information content (AvgIpc) is 2.98. The molecule has 112 valence electrons. The monoisotopic (exact) mass is 296 g/mol. The van der Waals surface area contributed by atoms with E-state index >= 15 is 0 Å². The third kappa shape index (κ3) is 3.79. The molecule has 2 rings (SSSR count). The van der Waals surface area contributed by atoms with Crippen molar-refractivity contribution >= 4 is 11.7 Å². The number of hydrogen-bond donors (Lipinski definition) is 2. The second-order valence-corrected chi connectivity index (χ2v) is 4.17. The van der Waals surface area contributed by atoms with Gasteiger partial charge in [0.15, 0.2) is 0 Å². The summed E-state index contributed by atoms with van der Waals surface area (Å²) in [4.78, 5) is 11.7. The highest BCUT2D eigenvalue weighted by Crippen LogP contribution is 2.18. The van der Waals surface area contributed by atoms with E-state index in [2.05, 4.69) is 10.6 Å². The van der Waals surface area contributed by atoms with Crippen molar-refractivity contribution in [1.29, 1.82) is 0 Å². The number of ether oxygens (including phenoxy) is 1. The van der Waals surface area contributed by atoms with Crippen LogP contribution < -0.4 is 10.6 Å². The van der Waals surface area contributed by atoms with Gasteiger partial charge in [0.05, 0.1) is 12.8 Å². The lowest BCUT2D eigenvalue weighted by Gasteiger charge is -2.14. The van der Waals surface area contributed by atoms with Crippen LogP contribution in [0.15, 0.2) is 41.0 Å². The summed E-state index contributed by atoms with van der Waals surface area (Å²) in [6.07, 6.45) is 0.993. The molecule has 0 fully saturated rings. The summed E-state index contributed by atoms with van der Waals surface area (Å²) in [5.41, 5.74) is -0.498. The van der Waals surface area contributed by atoms with E-state index in [0.29, 0.717) is 5.76 Å². The van der Waals surface area contributed by atoms with Crippen molar-refractivity contribution in [2.24, 2.45) is 0 Å². The lowest BCUT2D eigenvalue weighted by Crippen LogP contribution is -2.33. The van der Waals surface area contributed by atoms with Crippen LogP contribution >= 0.6 is 0 Å². The SMILES string of the molecule is CO[C@H](CNC(=O)Nc1c(F)cccc1F)c1ccco1. The summed E-state index contributed by atoms with van der Waals surface area (Å²) in [6, 6.07) is 5.97. The van der Waals surface area contributed by atoms with E-state index in [4.69, 9.17) is 9.15 Å². The van der Waals surface area contributed by atoms with Gasteiger partial charge >= 0.3 is 6.03 Å². The molecule has 0 saturated heterocycles. The second kappa shape index (κ2) is 6.85. The molecule has 1 atom stereocenters. The molecule has 2 amide bonds. The first kappa shape index (κ1) is 15.0. The molecule has 0 aliphatic carbocycles. The fourth-order valence-electron chi connectivity index (χ4n) is 1.73.